The maximum absolute atomic E-state index is 11.9. The molecular formula is C12H20N2O. The van der Waals surface area contributed by atoms with Crippen LogP contribution in [-0.2, 0) is 4.79 Å². The Morgan fingerprint density at radius 1 is 1.13 bits per heavy atom. The largest absolute Gasteiger partial charge is 0.341 e. The summed E-state index contributed by atoms with van der Waals surface area (Å²) in [5.41, 5.74) is 0. The summed E-state index contributed by atoms with van der Waals surface area (Å²) < 4.78 is 0. The molecule has 2 aliphatic carbocycles. The maximum Gasteiger partial charge on any atom is 0.236 e. The van der Waals surface area contributed by atoms with Crippen LogP contribution in [0.5, 0.6) is 0 Å². The average molecular weight is 208 g/mol. The summed E-state index contributed by atoms with van der Waals surface area (Å²) in [6.07, 6.45) is 6.61. The summed E-state index contributed by atoms with van der Waals surface area (Å²) in [5.74, 6) is 1.99. The molecule has 3 heteroatoms. The van der Waals surface area contributed by atoms with E-state index >= 15 is 0 Å². The molecule has 0 bridgehead atoms. The van der Waals surface area contributed by atoms with Crippen LogP contribution in [0.15, 0.2) is 0 Å². The minimum Gasteiger partial charge on any atom is -0.341 e. The van der Waals surface area contributed by atoms with Gasteiger partial charge < -0.3 is 10.2 Å². The highest BCUT2D eigenvalue weighted by atomic mass is 16.2. The van der Waals surface area contributed by atoms with Crippen LogP contribution in [0.25, 0.3) is 0 Å². The van der Waals surface area contributed by atoms with E-state index in [1.807, 2.05) is 0 Å². The molecule has 84 valence electrons. The average Bonchev–Trinajstić information content (AvgIpc) is 2.79. The molecule has 2 unspecified atom stereocenters. The number of hydrogen-bond acceptors (Lipinski definition) is 2. The molecule has 1 aliphatic heterocycles. The fraction of sp³-hybridized carbons (Fsp3) is 0.917. The van der Waals surface area contributed by atoms with Crippen LogP contribution in [0.3, 0.4) is 0 Å². The number of carbonyl (C=O) groups excluding carboxylic acids is 1. The lowest BCUT2D eigenvalue weighted by molar-refractivity contribution is -0.129. The number of hydrogen-bond donors (Lipinski definition) is 1. The third-order valence-corrected chi connectivity index (χ3v) is 4.20. The molecule has 3 fully saturated rings. The molecule has 2 saturated carbocycles. The van der Waals surface area contributed by atoms with Gasteiger partial charge in [-0.25, -0.2) is 0 Å². The van der Waals surface area contributed by atoms with Crippen molar-refractivity contribution >= 4 is 5.91 Å². The van der Waals surface area contributed by atoms with Crippen LogP contribution in [0, 0.1) is 11.8 Å². The predicted molar refractivity (Wildman–Crippen MR) is 58.4 cm³/mol. The van der Waals surface area contributed by atoms with E-state index in [0.717, 1.165) is 24.9 Å². The van der Waals surface area contributed by atoms with E-state index in [2.05, 4.69) is 10.2 Å². The van der Waals surface area contributed by atoms with Crippen molar-refractivity contribution in [2.24, 2.45) is 11.8 Å². The van der Waals surface area contributed by atoms with Crippen molar-refractivity contribution in [1.29, 1.82) is 0 Å². The van der Waals surface area contributed by atoms with E-state index < -0.39 is 0 Å². The Morgan fingerprint density at radius 3 is 2.40 bits per heavy atom. The van der Waals surface area contributed by atoms with Gasteiger partial charge in [0.15, 0.2) is 0 Å². The molecule has 0 spiro atoms. The molecule has 3 rings (SSSR count). The topological polar surface area (TPSA) is 32.3 Å². The van der Waals surface area contributed by atoms with E-state index in [-0.39, 0.29) is 0 Å². The van der Waals surface area contributed by atoms with Gasteiger partial charge in [-0.2, -0.15) is 0 Å². The zero-order valence-electron chi connectivity index (χ0n) is 9.24. The van der Waals surface area contributed by atoms with Gasteiger partial charge in [0.2, 0.25) is 5.91 Å². The van der Waals surface area contributed by atoms with Gasteiger partial charge in [-0.15, -0.1) is 0 Å². The van der Waals surface area contributed by atoms with Crippen LogP contribution in [0.4, 0.5) is 0 Å². The Kier molecular flexibility index (Phi) is 2.43. The highest BCUT2D eigenvalue weighted by Gasteiger charge is 2.37. The first-order valence-electron chi connectivity index (χ1n) is 6.34. The van der Waals surface area contributed by atoms with Gasteiger partial charge in [-0.05, 0) is 37.5 Å². The fourth-order valence-electron chi connectivity index (χ4n) is 3.07. The van der Waals surface area contributed by atoms with E-state index in [0.29, 0.717) is 18.5 Å². The first kappa shape index (κ1) is 9.64. The van der Waals surface area contributed by atoms with E-state index in [1.165, 1.54) is 32.1 Å². The van der Waals surface area contributed by atoms with Crippen molar-refractivity contribution in [2.75, 3.05) is 19.6 Å². The van der Waals surface area contributed by atoms with Crippen molar-refractivity contribution in [3.05, 3.63) is 0 Å². The molecule has 3 aliphatic rings. The zero-order chi connectivity index (χ0) is 10.3. The molecule has 0 aromatic rings. The molecule has 0 radical (unpaired) electrons. The van der Waals surface area contributed by atoms with Crippen LogP contribution >= 0.6 is 0 Å². The van der Waals surface area contributed by atoms with Crippen molar-refractivity contribution < 1.29 is 4.79 Å². The number of carbonyl (C=O) groups is 1. The van der Waals surface area contributed by atoms with Gasteiger partial charge in [-0.1, -0.05) is 6.42 Å². The second kappa shape index (κ2) is 3.78. The van der Waals surface area contributed by atoms with Crippen molar-refractivity contribution in [3.63, 3.8) is 0 Å². The molecule has 3 nitrogen and oxygen atoms in total. The second-order valence-corrected chi connectivity index (χ2v) is 5.40. The Labute approximate surface area is 91.2 Å². The second-order valence-electron chi connectivity index (χ2n) is 5.40. The van der Waals surface area contributed by atoms with E-state index in [9.17, 15) is 4.79 Å². The Hall–Kier alpha value is -0.570. The summed E-state index contributed by atoms with van der Waals surface area (Å²) in [7, 11) is 0. The van der Waals surface area contributed by atoms with Crippen LogP contribution in [0.1, 0.15) is 32.1 Å². The Bertz CT molecular complexity index is 250. The van der Waals surface area contributed by atoms with Crippen LogP contribution < -0.4 is 5.32 Å². The summed E-state index contributed by atoms with van der Waals surface area (Å²) >= 11 is 0. The summed E-state index contributed by atoms with van der Waals surface area (Å²) in [6.45, 7) is 2.65. The minimum absolute atomic E-state index is 0.330. The number of nitrogens with zero attached hydrogens (tertiary/aromatic N) is 1. The Morgan fingerprint density at radius 2 is 1.80 bits per heavy atom. The summed E-state index contributed by atoms with van der Waals surface area (Å²) in [4.78, 5) is 14.0. The molecule has 0 aromatic carbocycles. The minimum atomic E-state index is 0.330. The molecule has 1 saturated heterocycles. The van der Waals surface area contributed by atoms with Crippen molar-refractivity contribution in [2.45, 2.75) is 38.1 Å². The molecule has 1 heterocycles. The van der Waals surface area contributed by atoms with Crippen molar-refractivity contribution in [1.82, 2.24) is 10.2 Å². The molecular weight excluding hydrogens is 188 g/mol. The lowest BCUT2D eigenvalue weighted by Gasteiger charge is -2.17. The van der Waals surface area contributed by atoms with Gasteiger partial charge in [0.25, 0.3) is 0 Å². The number of likely N-dealkylation sites (tertiary alicyclic amines) is 1. The van der Waals surface area contributed by atoms with E-state index in [1.54, 1.807) is 0 Å². The molecule has 2 atom stereocenters. The van der Waals surface area contributed by atoms with E-state index in [4.69, 9.17) is 0 Å². The fourth-order valence-corrected chi connectivity index (χ4v) is 3.07. The highest BCUT2D eigenvalue weighted by molar-refractivity contribution is 5.78. The third-order valence-electron chi connectivity index (χ3n) is 4.20. The SMILES string of the molecule is O=C(CNC1CC1)N1CC2CCCC2C1. The number of rotatable bonds is 3. The molecule has 1 N–H and O–H groups in total. The predicted octanol–water partition coefficient (Wildman–Crippen LogP) is 0.997. The number of amides is 1. The quantitative estimate of drug-likeness (QED) is 0.750. The molecule has 15 heavy (non-hydrogen) atoms. The monoisotopic (exact) mass is 208 g/mol. The first-order valence-corrected chi connectivity index (χ1v) is 6.34. The normalized spacial score (nSPS) is 34.5. The van der Waals surface area contributed by atoms with Gasteiger partial charge in [0.1, 0.15) is 0 Å². The van der Waals surface area contributed by atoms with Gasteiger partial charge >= 0.3 is 0 Å². The van der Waals surface area contributed by atoms with Gasteiger partial charge in [0.05, 0.1) is 6.54 Å². The molecule has 1 amide bonds. The third kappa shape index (κ3) is 2.03. The Balaban J connectivity index is 1.48. The van der Waals surface area contributed by atoms with Crippen LogP contribution in [-0.4, -0.2) is 36.5 Å². The smallest absolute Gasteiger partial charge is 0.236 e. The summed E-state index contributed by atoms with van der Waals surface area (Å²) in [6, 6.07) is 0.649. The van der Waals surface area contributed by atoms with Gasteiger partial charge in [0, 0.05) is 19.1 Å². The molecule has 0 aromatic heterocycles. The summed E-state index contributed by atoms with van der Waals surface area (Å²) in [5, 5.41) is 3.31. The number of fused-ring (bicyclic) bond motifs is 1. The van der Waals surface area contributed by atoms with Gasteiger partial charge in [-0.3, -0.25) is 4.79 Å². The maximum atomic E-state index is 11.9. The highest BCUT2D eigenvalue weighted by Crippen LogP contribution is 2.37. The number of nitrogens with one attached hydrogen (secondary N) is 1. The standard InChI is InChI=1S/C12H20N2O/c15-12(6-13-11-4-5-11)14-7-9-2-1-3-10(9)8-14/h9-11,13H,1-8H2. The first-order chi connectivity index (χ1) is 7.33. The van der Waals surface area contributed by atoms with Crippen molar-refractivity contribution in [3.8, 4) is 0 Å². The lowest BCUT2D eigenvalue weighted by Crippen LogP contribution is -2.37. The zero-order valence-corrected chi connectivity index (χ0v) is 9.24. The van der Waals surface area contributed by atoms with Crippen LogP contribution in [0.2, 0.25) is 0 Å². The lowest BCUT2D eigenvalue weighted by atomic mass is 10.0.